The van der Waals surface area contributed by atoms with Gasteiger partial charge in [-0.15, -0.1) is 11.3 Å². The largest absolute Gasteiger partial charge is 0.370 e. The first-order valence-electron chi connectivity index (χ1n) is 3.90. The highest BCUT2D eigenvalue weighted by Crippen LogP contribution is 2.20. The van der Waals surface area contributed by atoms with E-state index in [1.807, 2.05) is 0 Å². The molecule has 0 unspecified atom stereocenters. The summed E-state index contributed by atoms with van der Waals surface area (Å²) in [5.74, 6) is -0.606. The van der Waals surface area contributed by atoms with Crippen molar-refractivity contribution in [1.29, 1.82) is 0 Å². The average Bonchev–Trinajstić information content (AvgIpc) is 2.51. The summed E-state index contributed by atoms with van der Waals surface area (Å²) in [7, 11) is 0. The first-order chi connectivity index (χ1) is 6.59. The zero-order valence-electron chi connectivity index (χ0n) is 7.25. The first kappa shape index (κ1) is 11.2. The third kappa shape index (κ3) is 3.47. The zero-order valence-corrected chi connectivity index (χ0v) is 9.65. The van der Waals surface area contributed by atoms with E-state index in [0.717, 1.165) is 3.79 Å². The van der Waals surface area contributed by atoms with E-state index in [1.165, 1.54) is 11.3 Å². The van der Waals surface area contributed by atoms with Crippen molar-refractivity contribution in [2.45, 2.75) is 6.42 Å². The fourth-order valence-electron chi connectivity index (χ4n) is 0.830. The van der Waals surface area contributed by atoms with Crippen LogP contribution < -0.4 is 11.1 Å². The SMILES string of the molecule is NC(=O)CCNC(=O)c1csc(Br)c1. The Balaban J connectivity index is 2.39. The van der Waals surface area contributed by atoms with Gasteiger partial charge < -0.3 is 11.1 Å². The smallest absolute Gasteiger partial charge is 0.252 e. The number of rotatable bonds is 4. The predicted octanol–water partition coefficient (Wildman–Crippen LogP) is 1.12. The highest BCUT2D eigenvalue weighted by molar-refractivity contribution is 9.11. The van der Waals surface area contributed by atoms with Crippen LogP contribution in [0.5, 0.6) is 0 Å². The maximum atomic E-state index is 11.4. The van der Waals surface area contributed by atoms with Crippen molar-refractivity contribution >= 4 is 39.1 Å². The molecule has 4 nitrogen and oxygen atoms in total. The Hall–Kier alpha value is -0.880. The molecule has 0 saturated heterocycles. The number of halogens is 1. The molecule has 0 atom stereocenters. The number of amides is 2. The molecule has 76 valence electrons. The maximum Gasteiger partial charge on any atom is 0.252 e. The quantitative estimate of drug-likeness (QED) is 0.865. The molecule has 2 amide bonds. The average molecular weight is 277 g/mol. The van der Waals surface area contributed by atoms with Gasteiger partial charge in [0.25, 0.3) is 5.91 Å². The van der Waals surface area contributed by atoms with Gasteiger partial charge in [0, 0.05) is 18.3 Å². The molecule has 1 heterocycles. The second-order valence-corrected chi connectivity index (χ2v) is 4.90. The van der Waals surface area contributed by atoms with E-state index >= 15 is 0 Å². The van der Waals surface area contributed by atoms with Crippen LogP contribution in [0.15, 0.2) is 15.2 Å². The van der Waals surface area contributed by atoms with Crippen LogP contribution in [-0.2, 0) is 4.79 Å². The summed E-state index contributed by atoms with van der Waals surface area (Å²) < 4.78 is 0.901. The van der Waals surface area contributed by atoms with Gasteiger partial charge >= 0.3 is 0 Å². The predicted molar refractivity (Wildman–Crippen MR) is 58.2 cm³/mol. The van der Waals surface area contributed by atoms with E-state index in [-0.39, 0.29) is 18.9 Å². The van der Waals surface area contributed by atoms with Gasteiger partial charge in [-0.2, -0.15) is 0 Å². The van der Waals surface area contributed by atoms with Crippen molar-refractivity contribution in [3.8, 4) is 0 Å². The minimum absolute atomic E-state index is 0.164. The Morgan fingerprint density at radius 2 is 2.29 bits per heavy atom. The van der Waals surface area contributed by atoms with E-state index in [4.69, 9.17) is 5.73 Å². The van der Waals surface area contributed by atoms with E-state index < -0.39 is 5.91 Å². The summed E-state index contributed by atoms with van der Waals surface area (Å²) in [5, 5.41) is 4.33. The summed E-state index contributed by atoms with van der Waals surface area (Å²) >= 11 is 4.69. The lowest BCUT2D eigenvalue weighted by Gasteiger charge is -2.00. The monoisotopic (exact) mass is 276 g/mol. The summed E-state index contributed by atoms with van der Waals surface area (Å²) in [6, 6.07) is 1.73. The third-order valence-electron chi connectivity index (χ3n) is 1.49. The van der Waals surface area contributed by atoms with Gasteiger partial charge in [-0.25, -0.2) is 0 Å². The number of hydrogen-bond acceptors (Lipinski definition) is 3. The van der Waals surface area contributed by atoms with E-state index in [0.29, 0.717) is 5.56 Å². The van der Waals surface area contributed by atoms with Crippen LogP contribution in [0.3, 0.4) is 0 Å². The van der Waals surface area contributed by atoms with Gasteiger partial charge in [-0.05, 0) is 22.0 Å². The third-order valence-corrected chi connectivity index (χ3v) is 2.99. The van der Waals surface area contributed by atoms with Crippen molar-refractivity contribution in [3.63, 3.8) is 0 Å². The summed E-state index contributed by atoms with van der Waals surface area (Å²) in [4.78, 5) is 21.7. The lowest BCUT2D eigenvalue weighted by atomic mass is 10.3. The number of nitrogens with two attached hydrogens (primary N) is 1. The lowest BCUT2D eigenvalue weighted by molar-refractivity contribution is -0.117. The molecule has 1 rings (SSSR count). The first-order valence-corrected chi connectivity index (χ1v) is 5.57. The van der Waals surface area contributed by atoms with Gasteiger partial charge in [-0.1, -0.05) is 0 Å². The molecule has 0 saturated carbocycles. The van der Waals surface area contributed by atoms with Crippen molar-refractivity contribution in [1.82, 2.24) is 5.32 Å². The van der Waals surface area contributed by atoms with Gasteiger partial charge in [0.1, 0.15) is 0 Å². The van der Waals surface area contributed by atoms with Crippen LogP contribution in [0.4, 0.5) is 0 Å². The molecular weight excluding hydrogens is 268 g/mol. The summed E-state index contributed by atoms with van der Waals surface area (Å²) in [5.41, 5.74) is 5.52. The number of nitrogens with one attached hydrogen (secondary N) is 1. The Labute approximate surface area is 93.6 Å². The van der Waals surface area contributed by atoms with Crippen molar-refractivity contribution in [2.24, 2.45) is 5.73 Å². The molecule has 1 aromatic rings. The number of carbonyl (C=O) groups is 2. The molecule has 0 aromatic carbocycles. The highest BCUT2D eigenvalue weighted by atomic mass is 79.9. The Morgan fingerprint density at radius 3 is 2.79 bits per heavy atom. The molecule has 0 aliphatic carbocycles. The Morgan fingerprint density at radius 1 is 1.57 bits per heavy atom. The molecule has 3 N–H and O–H groups in total. The zero-order chi connectivity index (χ0) is 10.6. The van der Waals surface area contributed by atoms with Crippen molar-refractivity contribution < 1.29 is 9.59 Å². The van der Waals surface area contributed by atoms with E-state index in [1.54, 1.807) is 11.4 Å². The van der Waals surface area contributed by atoms with E-state index in [2.05, 4.69) is 21.2 Å². The Bertz CT molecular complexity index is 351. The number of thiophene rings is 1. The molecule has 0 aliphatic rings. The lowest BCUT2D eigenvalue weighted by Crippen LogP contribution is -2.27. The van der Waals surface area contributed by atoms with Gasteiger partial charge in [0.15, 0.2) is 0 Å². The fourth-order valence-corrected chi connectivity index (χ4v) is 1.97. The maximum absolute atomic E-state index is 11.4. The molecular formula is C8H9BrN2O2S. The van der Waals surface area contributed by atoms with Crippen LogP contribution in [-0.4, -0.2) is 18.4 Å². The second-order valence-electron chi connectivity index (χ2n) is 2.61. The van der Waals surface area contributed by atoms with Crippen LogP contribution >= 0.6 is 27.3 Å². The Kier molecular flexibility index (Phi) is 4.09. The summed E-state index contributed by atoms with van der Waals surface area (Å²) in [6.07, 6.45) is 0.164. The minimum atomic E-state index is -0.420. The molecule has 0 spiro atoms. The van der Waals surface area contributed by atoms with Crippen LogP contribution in [0.1, 0.15) is 16.8 Å². The minimum Gasteiger partial charge on any atom is -0.370 e. The van der Waals surface area contributed by atoms with Crippen LogP contribution in [0.2, 0.25) is 0 Å². The number of carbonyl (C=O) groups excluding carboxylic acids is 2. The molecule has 0 bridgehead atoms. The molecule has 0 aliphatic heterocycles. The van der Waals surface area contributed by atoms with E-state index in [9.17, 15) is 9.59 Å². The topological polar surface area (TPSA) is 72.2 Å². The normalized spacial score (nSPS) is 9.79. The molecule has 6 heteroatoms. The molecule has 14 heavy (non-hydrogen) atoms. The van der Waals surface area contributed by atoms with Gasteiger partial charge in [0.2, 0.25) is 5.91 Å². The van der Waals surface area contributed by atoms with Crippen molar-refractivity contribution in [3.05, 3.63) is 20.8 Å². The second kappa shape index (κ2) is 5.11. The number of hydrogen-bond donors (Lipinski definition) is 2. The summed E-state index contributed by atoms with van der Waals surface area (Å²) in [6.45, 7) is 0.279. The molecule has 0 radical (unpaired) electrons. The van der Waals surface area contributed by atoms with Crippen LogP contribution in [0.25, 0.3) is 0 Å². The molecule has 1 aromatic heterocycles. The standard InChI is InChI=1S/C8H9BrN2O2S/c9-6-3-5(4-14-6)8(13)11-2-1-7(10)12/h3-4H,1-2H2,(H2,10,12)(H,11,13). The van der Waals surface area contributed by atoms with Crippen LogP contribution in [0, 0.1) is 0 Å². The highest BCUT2D eigenvalue weighted by Gasteiger charge is 2.07. The van der Waals surface area contributed by atoms with Crippen molar-refractivity contribution in [2.75, 3.05) is 6.54 Å². The van der Waals surface area contributed by atoms with Gasteiger partial charge in [0.05, 0.1) is 9.35 Å². The van der Waals surface area contributed by atoms with Gasteiger partial charge in [-0.3, -0.25) is 9.59 Å². The molecule has 0 fully saturated rings. The number of primary amides is 1. The fraction of sp³-hybridized carbons (Fsp3) is 0.250.